The van der Waals surface area contributed by atoms with E-state index in [-0.39, 0.29) is 0 Å². The van der Waals surface area contributed by atoms with E-state index in [1.807, 2.05) is 0 Å². The summed E-state index contributed by atoms with van der Waals surface area (Å²) in [5.41, 5.74) is 2.40. The van der Waals surface area contributed by atoms with Gasteiger partial charge in [-0.25, -0.2) is 4.98 Å². The molecule has 1 aromatic carbocycles. The highest BCUT2D eigenvalue weighted by Gasteiger charge is 2.18. The molecule has 3 rings (SSSR count). The predicted molar refractivity (Wildman–Crippen MR) is 79.5 cm³/mol. The van der Waals surface area contributed by atoms with Gasteiger partial charge in [-0.3, -0.25) is 0 Å². The lowest BCUT2D eigenvalue weighted by molar-refractivity contribution is 0.361. The first-order valence-electron chi connectivity index (χ1n) is 7.44. The summed E-state index contributed by atoms with van der Waals surface area (Å²) in [6.07, 6.45) is 3.95. The fourth-order valence-corrected chi connectivity index (χ4v) is 3.03. The van der Waals surface area contributed by atoms with E-state index in [1.54, 1.807) is 0 Å². The predicted octanol–water partition coefficient (Wildman–Crippen LogP) is 3.30. The molecule has 0 amide bonds. The van der Waals surface area contributed by atoms with Gasteiger partial charge < -0.3 is 9.88 Å². The molecule has 0 saturated carbocycles. The van der Waals surface area contributed by atoms with Crippen molar-refractivity contribution in [3.8, 4) is 0 Å². The summed E-state index contributed by atoms with van der Waals surface area (Å²) in [5, 5.41) is 3.64. The topological polar surface area (TPSA) is 29.9 Å². The third-order valence-corrected chi connectivity index (χ3v) is 4.02. The average Bonchev–Trinajstić information content (AvgIpc) is 2.79. The van der Waals surface area contributed by atoms with Crippen molar-refractivity contribution in [2.24, 2.45) is 0 Å². The van der Waals surface area contributed by atoms with Crippen LogP contribution in [0.3, 0.4) is 0 Å². The van der Waals surface area contributed by atoms with Crippen LogP contribution in [0.5, 0.6) is 0 Å². The molecule has 1 aromatic heterocycles. The SMILES string of the molecule is CC(C)c1nc2ccccc2n1CC1CCCCN1. The normalized spacial score (nSPS) is 20.3. The number of aromatic nitrogens is 2. The molecule has 2 heterocycles. The maximum absolute atomic E-state index is 4.81. The van der Waals surface area contributed by atoms with E-state index in [4.69, 9.17) is 4.98 Å². The van der Waals surface area contributed by atoms with Crippen LogP contribution >= 0.6 is 0 Å². The standard InChI is InChI=1S/C16H23N3/c1-12(2)16-18-14-8-3-4-9-15(14)19(16)11-13-7-5-6-10-17-13/h3-4,8-9,12-13,17H,5-7,10-11H2,1-2H3. The van der Waals surface area contributed by atoms with Crippen LogP contribution < -0.4 is 5.32 Å². The number of nitrogens with one attached hydrogen (secondary N) is 1. The van der Waals surface area contributed by atoms with Crippen LogP contribution in [0.15, 0.2) is 24.3 Å². The number of fused-ring (bicyclic) bond motifs is 1. The Kier molecular flexibility index (Phi) is 3.56. The number of hydrogen-bond acceptors (Lipinski definition) is 2. The number of piperidine rings is 1. The Labute approximate surface area is 115 Å². The zero-order valence-corrected chi connectivity index (χ0v) is 11.9. The Balaban J connectivity index is 1.97. The number of hydrogen-bond donors (Lipinski definition) is 1. The second kappa shape index (κ2) is 5.33. The minimum absolute atomic E-state index is 0.469. The number of imidazole rings is 1. The highest BCUT2D eigenvalue weighted by atomic mass is 15.1. The monoisotopic (exact) mass is 257 g/mol. The zero-order valence-electron chi connectivity index (χ0n) is 11.9. The lowest BCUT2D eigenvalue weighted by Gasteiger charge is -2.25. The quantitative estimate of drug-likeness (QED) is 0.914. The Morgan fingerprint density at radius 2 is 2.16 bits per heavy atom. The fourth-order valence-electron chi connectivity index (χ4n) is 3.03. The molecule has 1 saturated heterocycles. The molecular weight excluding hydrogens is 234 g/mol. The van der Waals surface area contributed by atoms with Crippen molar-refractivity contribution in [1.82, 2.24) is 14.9 Å². The van der Waals surface area contributed by atoms with Crippen molar-refractivity contribution in [1.29, 1.82) is 0 Å². The summed E-state index contributed by atoms with van der Waals surface area (Å²) in [6.45, 7) is 6.67. The van der Waals surface area contributed by atoms with E-state index in [2.05, 4.69) is 48.0 Å². The largest absolute Gasteiger partial charge is 0.326 e. The minimum atomic E-state index is 0.469. The number of para-hydroxylation sites is 2. The van der Waals surface area contributed by atoms with Crippen LogP contribution in [0.4, 0.5) is 0 Å². The van der Waals surface area contributed by atoms with Gasteiger partial charge in [0, 0.05) is 18.5 Å². The van der Waals surface area contributed by atoms with Gasteiger partial charge in [0.2, 0.25) is 0 Å². The third kappa shape index (κ3) is 2.52. The van der Waals surface area contributed by atoms with Gasteiger partial charge in [-0.2, -0.15) is 0 Å². The van der Waals surface area contributed by atoms with E-state index in [0.29, 0.717) is 12.0 Å². The van der Waals surface area contributed by atoms with Gasteiger partial charge in [0.25, 0.3) is 0 Å². The molecule has 0 bridgehead atoms. The molecule has 1 aliphatic rings. The first-order chi connectivity index (χ1) is 9.25. The summed E-state index contributed by atoms with van der Waals surface area (Å²) in [6, 6.07) is 9.09. The number of rotatable bonds is 3. The van der Waals surface area contributed by atoms with E-state index < -0.39 is 0 Å². The molecule has 2 aromatic rings. The molecule has 3 nitrogen and oxygen atoms in total. The van der Waals surface area contributed by atoms with Gasteiger partial charge in [0.1, 0.15) is 5.82 Å². The summed E-state index contributed by atoms with van der Waals surface area (Å²) in [4.78, 5) is 4.81. The summed E-state index contributed by atoms with van der Waals surface area (Å²) >= 11 is 0. The van der Waals surface area contributed by atoms with Crippen molar-refractivity contribution in [3.63, 3.8) is 0 Å². The molecule has 1 fully saturated rings. The van der Waals surface area contributed by atoms with Crippen molar-refractivity contribution in [2.45, 2.75) is 51.6 Å². The van der Waals surface area contributed by atoms with E-state index in [9.17, 15) is 0 Å². The third-order valence-electron chi connectivity index (χ3n) is 4.02. The fraction of sp³-hybridized carbons (Fsp3) is 0.562. The molecule has 0 aliphatic carbocycles. The second-order valence-electron chi connectivity index (χ2n) is 5.87. The molecule has 102 valence electrons. The van der Waals surface area contributed by atoms with E-state index in [1.165, 1.54) is 30.6 Å². The highest BCUT2D eigenvalue weighted by Crippen LogP contribution is 2.23. The Morgan fingerprint density at radius 1 is 1.32 bits per heavy atom. The molecule has 1 atom stereocenters. The van der Waals surface area contributed by atoms with Crippen LogP contribution in [0.1, 0.15) is 44.9 Å². The van der Waals surface area contributed by atoms with Crippen LogP contribution in [0.25, 0.3) is 11.0 Å². The summed E-state index contributed by atoms with van der Waals surface area (Å²) in [5.74, 6) is 1.68. The van der Waals surface area contributed by atoms with Crippen LogP contribution in [0.2, 0.25) is 0 Å². The zero-order chi connectivity index (χ0) is 13.2. The molecule has 1 unspecified atom stereocenters. The van der Waals surface area contributed by atoms with Gasteiger partial charge in [-0.15, -0.1) is 0 Å². The van der Waals surface area contributed by atoms with Gasteiger partial charge in [0.15, 0.2) is 0 Å². The van der Waals surface area contributed by atoms with Gasteiger partial charge in [-0.05, 0) is 31.5 Å². The van der Waals surface area contributed by atoms with Crippen molar-refractivity contribution in [2.75, 3.05) is 6.54 Å². The van der Waals surface area contributed by atoms with Crippen LogP contribution in [-0.2, 0) is 6.54 Å². The van der Waals surface area contributed by atoms with Crippen molar-refractivity contribution >= 4 is 11.0 Å². The molecule has 0 spiro atoms. The number of nitrogens with zero attached hydrogens (tertiary/aromatic N) is 2. The van der Waals surface area contributed by atoms with Crippen LogP contribution in [0, 0.1) is 0 Å². The molecule has 1 aliphatic heterocycles. The maximum Gasteiger partial charge on any atom is 0.112 e. The average molecular weight is 257 g/mol. The van der Waals surface area contributed by atoms with Crippen LogP contribution in [-0.4, -0.2) is 22.1 Å². The van der Waals surface area contributed by atoms with Gasteiger partial charge in [-0.1, -0.05) is 32.4 Å². The molecule has 0 radical (unpaired) electrons. The van der Waals surface area contributed by atoms with Crippen molar-refractivity contribution < 1.29 is 0 Å². The van der Waals surface area contributed by atoms with E-state index >= 15 is 0 Å². The maximum atomic E-state index is 4.81. The Hall–Kier alpha value is -1.35. The smallest absolute Gasteiger partial charge is 0.112 e. The molecule has 3 heteroatoms. The molecule has 1 N–H and O–H groups in total. The first kappa shape index (κ1) is 12.7. The van der Waals surface area contributed by atoms with Crippen molar-refractivity contribution in [3.05, 3.63) is 30.1 Å². The van der Waals surface area contributed by atoms with Gasteiger partial charge in [0.05, 0.1) is 11.0 Å². The first-order valence-corrected chi connectivity index (χ1v) is 7.44. The minimum Gasteiger partial charge on any atom is -0.326 e. The number of benzene rings is 1. The Bertz CT molecular complexity index is 550. The molecule has 19 heavy (non-hydrogen) atoms. The molecular formula is C16H23N3. The summed E-state index contributed by atoms with van der Waals surface area (Å²) < 4.78 is 2.42. The summed E-state index contributed by atoms with van der Waals surface area (Å²) in [7, 11) is 0. The van der Waals surface area contributed by atoms with E-state index in [0.717, 1.165) is 18.6 Å². The lowest BCUT2D eigenvalue weighted by Crippen LogP contribution is -2.37. The lowest BCUT2D eigenvalue weighted by atomic mass is 10.0. The second-order valence-corrected chi connectivity index (χ2v) is 5.87. The van der Waals surface area contributed by atoms with Gasteiger partial charge >= 0.3 is 0 Å². The highest BCUT2D eigenvalue weighted by molar-refractivity contribution is 5.76. The Morgan fingerprint density at radius 3 is 2.89 bits per heavy atom.